The van der Waals surface area contributed by atoms with E-state index in [9.17, 15) is 4.79 Å². The average molecular weight is 244 g/mol. The van der Waals surface area contributed by atoms with Gasteiger partial charge in [-0.25, -0.2) is 9.64 Å². The van der Waals surface area contributed by atoms with Crippen LogP contribution >= 0.6 is 0 Å². The van der Waals surface area contributed by atoms with Crippen molar-refractivity contribution in [3.05, 3.63) is 34.9 Å². The van der Waals surface area contributed by atoms with E-state index in [1.54, 1.807) is 6.07 Å². The number of esters is 1. The number of nitrogens with zero attached hydrogens (tertiary/aromatic N) is 2. The molecule has 4 heteroatoms. The maximum absolute atomic E-state index is 12.1. The molecule has 1 heterocycles. The Labute approximate surface area is 107 Å². The summed E-state index contributed by atoms with van der Waals surface area (Å²) in [6.07, 6.45) is 3.54. The predicted molar refractivity (Wildman–Crippen MR) is 67.6 cm³/mol. The molecule has 1 aromatic heterocycles. The summed E-state index contributed by atoms with van der Waals surface area (Å²) in [6.45, 7) is 12.5. The molecule has 2 rings (SSSR count). The molecule has 0 saturated heterocycles. The highest BCUT2D eigenvalue weighted by Crippen LogP contribution is 2.42. The van der Waals surface area contributed by atoms with Gasteiger partial charge in [-0.05, 0) is 51.2 Å². The predicted octanol–water partition coefficient (Wildman–Crippen LogP) is 3.47. The van der Waals surface area contributed by atoms with Crippen LogP contribution in [0.5, 0.6) is 0 Å². The molecule has 0 radical (unpaired) electrons. The second-order valence-electron chi connectivity index (χ2n) is 5.52. The molecule has 1 saturated carbocycles. The van der Waals surface area contributed by atoms with Gasteiger partial charge in [0.25, 0.3) is 0 Å². The molecule has 0 bridgehead atoms. The molecule has 0 unspecified atom stereocenters. The van der Waals surface area contributed by atoms with Crippen molar-refractivity contribution in [1.29, 1.82) is 0 Å². The maximum Gasteiger partial charge on any atom is 0.357 e. The minimum Gasteiger partial charge on any atom is -0.455 e. The van der Waals surface area contributed by atoms with Gasteiger partial charge in [-0.3, -0.25) is 4.98 Å². The summed E-state index contributed by atoms with van der Waals surface area (Å²) >= 11 is 0. The Kier molecular flexibility index (Phi) is 3.08. The summed E-state index contributed by atoms with van der Waals surface area (Å²) in [6, 6.07) is 1.76. The first-order valence-corrected chi connectivity index (χ1v) is 6.01. The van der Waals surface area contributed by atoms with Gasteiger partial charge in [0.15, 0.2) is 0 Å². The van der Waals surface area contributed by atoms with Crippen LogP contribution in [0.3, 0.4) is 0 Å². The number of ether oxygens (including phenoxy) is 1. The molecule has 1 aliphatic rings. The van der Waals surface area contributed by atoms with E-state index >= 15 is 0 Å². The minimum atomic E-state index is -0.530. The SMILES string of the molecule is [C-]#[N+]c1cnc(C(=O)OC(C)(C)C)c(C2CC2)c1. The van der Waals surface area contributed by atoms with Gasteiger partial charge in [0.05, 0.1) is 6.57 Å². The van der Waals surface area contributed by atoms with Gasteiger partial charge in [-0.1, -0.05) is 0 Å². The van der Waals surface area contributed by atoms with Crippen molar-refractivity contribution in [2.45, 2.75) is 45.1 Å². The Morgan fingerprint density at radius 1 is 1.50 bits per heavy atom. The van der Waals surface area contributed by atoms with Crippen molar-refractivity contribution in [2.75, 3.05) is 0 Å². The minimum absolute atomic E-state index is 0.361. The Hall–Kier alpha value is -1.89. The number of pyridine rings is 1. The Balaban J connectivity index is 2.32. The first kappa shape index (κ1) is 12.6. The fourth-order valence-electron chi connectivity index (χ4n) is 1.73. The molecule has 0 spiro atoms. The number of carbonyl (C=O) groups excluding carboxylic acids is 1. The first-order valence-electron chi connectivity index (χ1n) is 6.01. The van der Waals surface area contributed by atoms with E-state index in [1.165, 1.54) is 6.20 Å². The molecule has 0 amide bonds. The van der Waals surface area contributed by atoms with Crippen LogP contribution in [0.4, 0.5) is 5.69 Å². The molecule has 4 nitrogen and oxygen atoms in total. The Morgan fingerprint density at radius 3 is 2.67 bits per heavy atom. The summed E-state index contributed by atoms with van der Waals surface area (Å²) in [5.41, 5.74) is 1.17. The fraction of sp³-hybridized carbons (Fsp3) is 0.500. The highest BCUT2D eigenvalue weighted by Gasteiger charge is 2.31. The summed E-state index contributed by atoms with van der Waals surface area (Å²) in [7, 11) is 0. The summed E-state index contributed by atoms with van der Waals surface area (Å²) in [5.74, 6) is -0.0392. The van der Waals surface area contributed by atoms with Gasteiger partial charge in [-0.2, -0.15) is 0 Å². The topological polar surface area (TPSA) is 43.5 Å². The quantitative estimate of drug-likeness (QED) is 0.591. The van der Waals surface area contributed by atoms with Crippen LogP contribution in [-0.4, -0.2) is 16.6 Å². The van der Waals surface area contributed by atoms with E-state index in [-0.39, 0.29) is 0 Å². The third-order valence-corrected chi connectivity index (χ3v) is 2.64. The maximum atomic E-state index is 12.1. The largest absolute Gasteiger partial charge is 0.455 e. The molecule has 18 heavy (non-hydrogen) atoms. The van der Waals surface area contributed by atoms with E-state index < -0.39 is 11.6 Å². The van der Waals surface area contributed by atoms with E-state index in [2.05, 4.69) is 9.83 Å². The van der Waals surface area contributed by atoms with Gasteiger partial charge < -0.3 is 4.74 Å². The standard InChI is InChI=1S/C14H16N2O2/c1-14(2,3)18-13(17)12-11(9-5-6-9)7-10(15-4)8-16-12/h7-9H,5-6H2,1-3H3. The van der Waals surface area contributed by atoms with E-state index in [0.717, 1.165) is 18.4 Å². The monoisotopic (exact) mass is 244 g/mol. The molecular formula is C14H16N2O2. The lowest BCUT2D eigenvalue weighted by molar-refractivity contribution is 0.00615. The second kappa shape index (κ2) is 4.41. The number of hydrogen-bond donors (Lipinski definition) is 0. The van der Waals surface area contributed by atoms with Gasteiger partial charge in [0.2, 0.25) is 5.69 Å². The van der Waals surface area contributed by atoms with Crippen molar-refractivity contribution >= 4 is 11.7 Å². The average Bonchev–Trinajstić information content (AvgIpc) is 3.09. The van der Waals surface area contributed by atoms with Crippen LogP contribution < -0.4 is 0 Å². The molecule has 1 aromatic rings. The van der Waals surface area contributed by atoms with Gasteiger partial charge in [-0.15, -0.1) is 0 Å². The van der Waals surface area contributed by atoms with Crippen LogP contribution in [0.1, 0.15) is 55.6 Å². The molecule has 0 N–H and O–H groups in total. The Morgan fingerprint density at radius 2 is 2.17 bits per heavy atom. The van der Waals surface area contributed by atoms with Crippen molar-refractivity contribution in [1.82, 2.24) is 4.98 Å². The number of aromatic nitrogens is 1. The summed E-state index contributed by atoms with van der Waals surface area (Å²) < 4.78 is 5.34. The zero-order valence-corrected chi connectivity index (χ0v) is 10.9. The summed E-state index contributed by atoms with van der Waals surface area (Å²) in [5, 5.41) is 0. The van der Waals surface area contributed by atoms with E-state index in [0.29, 0.717) is 17.3 Å². The molecule has 1 aliphatic carbocycles. The van der Waals surface area contributed by atoms with Crippen molar-refractivity contribution in [3.63, 3.8) is 0 Å². The van der Waals surface area contributed by atoms with Crippen LogP contribution in [0.25, 0.3) is 4.85 Å². The van der Waals surface area contributed by atoms with Gasteiger partial charge >= 0.3 is 5.97 Å². The lowest BCUT2D eigenvalue weighted by Gasteiger charge is -2.20. The van der Waals surface area contributed by atoms with E-state index in [4.69, 9.17) is 11.3 Å². The van der Waals surface area contributed by atoms with Crippen molar-refractivity contribution in [3.8, 4) is 0 Å². The van der Waals surface area contributed by atoms with Crippen molar-refractivity contribution < 1.29 is 9.53 Å². The molecule has 0 atom stereocenters. The normalized spacial score (nSPS) is 15.0. The van der Waals surface area contributed by atoms with Crippen LogP contribution in [0.15, 0.2) is 12.3 Å². The Bertz CT molecular complexity index is 520. The highest BCUT2D eigenvalue weighted by molar-refractivity contribution is 5.90. The molecular weight excluding hydrogens is 228 g/mol. The molecule has 1 fully saturated rings. The van der Waals surface area contributed by atoms with Crippen LogP contribution in [0.2, 0.25) is 0 Å². The third-order valence-electron chi connectivity index (χ3n) is 2.64. The molecule has 0 aromatic carbocycles. The third kappa shape index (κ3) is 2.86. The smallest absolute Gasteiger partial charge is 0.357 e. The number of carbonyl (C=O) groups is 1. The zero-order valence-electron chi connectivity index (χ0n) is 10.9. The summed E-state index contributed by atoms with van der Waals surface area (Å²) in [4.78, 5) is 19.5. The van der Waals surface area contributed by atoms with Crippen molar-refractivity contribution in [2.24, 2.45) is 0 Å². The lowest BCUT2D eigenvalue weighted by atomic mass is 10.1. The highest BCUT2D eigenvalue weighted by atomic mass is 16.6. The number of hydrogen-bond acceptors (Lipinski definition) is 3. The lowest BCUT2D eigenvalue weighted by Crippen LogP contribution is -2.25. The molecule has 0 aliphatic heterocycles. The van der Waals surface area contributed by atoms with Gasteiger partial charge in [0.1, 0.15) is 11.3 Å². The van der Waals surface area contributed by atoms with Crippen LogP contribution in [0, 0.1) is 6.57 Å². The second-order valence-corrected chi connectivity index (χ2v) is 5.52. The first-order chi connectivity index (χ1) is 8.40. The number of rotatable bonds is 2. The fourth-order valence-corrected chi connectivity index (χ4v) is 1.73. The van der Waals surface area contributed by atoms with Crippen LogP contribution in [-0.2, 0) is 4.74 Å². The van der Waals surface area contributed by atoms with Gasteiger partial charge in [0, 0.05) is 6.20 Å². The zero-order chi connectivity index (χ0) is 13.3. The van der Waals surface area contributed by atoms with E-state index in [1.807, 2.05) is 20.8 Å². The molecule has 94 valence electrons.